The van der Waals surface area contributed by atoms with Crippen molar-refractivity contribution in [2.45, 2.75) is 26.1 Å². The fourth-order valence-electron chi connectivity index (χ4n) is 0.457. The molecule has 1 unspecified atom stereocenters. The SMILES string of the molecule is COCCOC(C)[C@H](C)O. The minimum atomic E-state index is -0.406. The molecule has 62 valence electrons. The molecule has 0 aliphatic carbocycles. The van der Waals surface area contributed by atoms with Crippen LogP contribution in [-0.2, 0) is 9.47 Å². The van der Waals surface area contributed by atoms with Gasteiger partial charge in [0.05, 0.1) is 25.4 Å². The highest BCUT2D eigenvalue weighted by Crippen LogP contribution is 1.96. The van der Waals surface area contributed by atoms with E-state index < -0.39 is 6.10 Å². The number of methoxy groups -OCH3 is 1. The van der Waals surface area contributed by atoms with Crippen LogP contribution in [0.5, 0.6) is 0 Å². The van der Waals surface area contributed by atoms with Gasteiger partial charge in [-0.2, -0.15) is 0 Å². The monoisotopic (exact) mass is 148 g/mol. The van der Waals surface area contributed by atoms with Crippen LogP contribution in [-0.4, -0.2) is 37.6 Å². The maximum absolute atomic E-state index is 8.95. The molecule has 10 heavy (non-hydrogen) atoms. The molecule has 0 radical (unpaired) electrons. The summed E-state index contributed by atoms with van der Waals surface area (Å²) < 4.78 is 9.93. The zero-order valence-electron chi connectivity index (χ0n) is 6.83. The van der Waals surface area contributed by atoms with Crippen LogP contribution >= 0.6 is 0 Å². The standard InChI is InChI=1S/C7H16O3/c1-6(8)7(2)10-5-4-9-3/h6-8H,4-5H2,1-3H3/t6-,7?/m0/s1. The van der Waals surface area contributed by atoms with E-state index in [0.29, 0.717) is 13.2 Å². The highest BCUT2D eigenvalue weighted by atomic mass is 16.5. The van der Waals surface area contributed by atoms with Crippen LogP contribution in [0.25, 0.3) is 0 Å². The summed E-state index contributed by atoms with van der Waals surface area (Å²) in [6.07, 6.45) is -0.507. The first-order chi connectivity index (χ1) is 4.68. The number of ether oxygens (including phenoxy) is 2. The Morgan fingerprint density at radius 1 is 1.30 bits per heavy atom. The molecular formula is C7H16O3. The average Bonchev–Trinajstić information content (AvgIpc) is 1.88. The first-order valence-corrected chi connectivity index (χ1v) is 3.47. The molecule has 3 heteroatoms. The van der Waals surface area contributed by atoms with Crippen LogP contribution < -0.4 is 0 Å². The lowest BCUT2D eigenvalue weighted by molar-refractivity contribution is -0.0348. The van der Waals surface area contributed by atoms with E-state index in [1.807, 2.05) is 6.92 Å². The zero-order chi connectivity index (χ0) is 7.98. The number of aliphatic hydroxyl groups is 1. The van der Waals surface area contributed by atoms with Gasteiger partial charge in [0.1, 0.15) is 0 Å². The second-order valence-corrected chi connectivity index (χ2v) is 2.31. The lowest BCUT2D eigenvalue weighted by Gasteiger charge is -2.14. The minimum absolute atomic E-state index is 0.102. The molecule has 0 amide bonds. The van der Waals surface area contributed by atoms with Gasteiger partial charge in [-0.25, -0.2) is 0 Å². The molecule has 2 atom stereocenters. The van der Waals surface area contributed by atoms with Crippen molar-refractivity contribution in [1.82, 2.24) is 0 Å². The number of hydrogen-bond acceptors (Lipinski definition) is 3. The summed E-state index contributed by atoms with van der Waals surface area (Å²) in [6.45, 7) is 4.66. The second-order valence-electron chi connectivity index (χ2n) is 2.31. The van der Waals surface area contributed by atoms with E-state index in [-0.39, 0.29) is 6.10 Å². The smallest absolute Gasteiger partial charge is 0.0804 e. The molecule has 0 saturated heterocycles. The van der Waals surface area contributed by atoms with E-state index in [9.17, 15) is 0 Å². The summed E-state index contributed by atoms with van der Waals surface area (Å²) in [5.41, 5.74) is 0. The molecule has 3 nitrogen and oxygen atoms in total. The molecule has 1 N–H and O–H groups in total. The number of aliphatic hydroxyl groups excluding tert-OH is 1. The van der Waals surface area contributed by atoms with Crippen LogP contribution in [0.2, 0.25) is 0 Å². The predicted octanol–water partition coefficient (Wildman–Crippen LogP) is 0.419. The molecule has 0 aromatic carbocycles. The summed E-state index contributed by atoms with van der Waals surface area (Å²) in [6, 6.07) is 0. The van der Waals surface area contributed by atoms with Crippen LogP contribution in [0.3, 0.4) is 0 Å². The van der Waals surface area contributed by atoms with Gasteiger partial charge in [-0.3, -0.25) is 0 Å². The third-order valence-corrected chi connectivity index (χ3v) is 1.35. The fourth-order valence-corrected chi connectivity index (χ4v) is 0.457. The lowest BCUT2D eigenvalue weighted by Crippen LogP contribution is -2.24. The normalized spacial score (nSPS) is 16.8. The van der Waals surface area contributed by atoms with E-state index in [0.717, 1.165) is 0 Å². The van der Waals surface area contributed by atoms with Crippen LogP contribution in [0.4, 0.5) is 0 Å². The van der Waals surface area contributed by atoms with Crippen molar-refractivity contribution in [2.24, 2.45) is 0 Å². The van der Waals surface area contributed by atoms with E-state index in [4.69, 9.17) is 14.6 Å². The maximum atomic E-state index is 8.95. The Labute approximate surface area is 62.0 Å². The molecule has 0 aliphatic rings. The molecule has 0 aliphatic heterocycles. The highest BCUT2D eigenvalue weighted by molar-refractivity contribution is 4.55. The summed E-state index contributed by atoms with van der Waals surface area (Å²) >= 11 is 0. The van der Waals surface area contributed by atoms with Crippen molar-refractivity contribution in [2.75, 3.05) is 20.3 Å². The molecule has 0 aromatic heterocycles. The molecule has 0 bridgehead atoms. The first-order valence-electron chi connectivity index (χ1n) is 3.47. The topological polar surface area (TPSA) is 38.7 Å². The van der Waals surface area contributed by atoms with E-state index in [1.165, 1.54) is 0 Å². The van der Waals surface area contributed by atoms with Crippen LogP contribution in [0.1, 0.15) is 13.8 Å². The Bertz CT molecular complexity index is 73.3. The molecule has 0 fully saturated rings. The number of hydrogen-bond donors (Lipinski definition) is 1. The molecule has 0 aromatic rings. The van der Waals surface area contributed by atoms with E-state index in [1.54, 1.807) is 14.0 Å². The lowest BCUT2D eigenvalue weighted by atomic mass is 10.3. The van der Waals surface area contributed by atoms with E-state index >= 15 is 0 Å². The maximum Gasteiger partial charge on any atom is 0.0804 e. The average molecular weight is 148 g/mol. The minimum Gasteiger partial charge on any atom is -0.391 e. The van der Waals surface area contributed by atoms with Gasteiger partial charge in [-0.1, -0.05) is 0 Å². The van der Waals surface area contributed by atoms with Gasteiger partial charge in [0.2, 0.25) is 0 Å². The van der Waals surface area contributed by atoms with Gasteiger partial charge in [0.15, 0.2) is 0 Å². The number of rotatable bonds is 5. The molecular weight excluding hydrogens is 132 g/mol. The molecule has 0 spiro atoms. The van der Waals surface area contributed by atoms with Crippen LogP contribution in [0, 0.1) is 0 Å². The second kappa shape index (κ2) is 5.65. The molecule has 0 rings (SSSR count). The first kappa shape index (κ1) is 9.88. The fraction of sp³-hybridized carbons (Fsp3) is 1.00. The molecule has 0 saturated carbocycles. The highest BCUT2D eigenvalue weighted by Gasteiger charge is 2.07. The van der Waals surface area contributed by atoms with Crippen LogP contribution in [0.15, 0.2) is 0 Å². The Hall–Kier alpha value is -0.120. The summed E-state index contributed by atoms with van der Waals surface area (Å²) in [5.74, 6) is 0. The summed E-state index contributed by atoms with van der Waals surface area (Å²) in [5, 5.41) is 8.95. The predicted molar refractivity (Wildman–Crippen MR) is 39.0 cm³/mol. The van der Waals surface area contributed by atoms with Gasteiger partial charge in [0.25, 0.3) is 0 Å². The van der Waals surface area contributed by atoms with Crippen molar-refractivity contribution in [1.29, 1.82) is 0 Å². The molecule has 0 heterocycles. The largest absolute Gasteiger partial charge is 0.391 e. The van der Waals surface area contributed by atoms with Crippen molar-refractivity contribution >= 4 is 0 Å². The van der Waals surface area contributed by atoms with Gasteiger partial charge < -0.3 is 14.6 Å². The van der Waals surface area contributed by atoms with Crippen molar-refractivity contribution < 1.29 is 14.6 Å². The Kier molecular flexibility index (Phi) is 5.58. The Balaban J connectivity index is 3.13. The van der Waals surface area contributed by atoms with Gasteiger partial charge in [-0.15, -0.1) is 0 Å². The van der Waals surface area contributed by atoms with Crippen molar-refractivity contribution in [3.8, 4) is 0 Å². The summed E-state index contributed by atoms with van der Waals surface area (Å²) in [7, 11) is 1.62. The third kappa shape index (κ3) is 4.73. The van der Waals surface area contributed by atoms with E-state index in [2.05, 4.69) is 0 Å². The quantitative estimate of drug-likeness (QED) is 0.574. The third-order valence-electron chi connectivity index (χ3n) is 1.35. The Morgan fingerprint density at radius 2 is 1.90 bits per heavy atom. The summed E-state index contributed by atoms with van der Waals surface area (Å²) in [4.78, 5) is 0. The van der Waals surface area contributed by atoms with Crippen molar-refractivity contribution in [3.05, 3.63) is 0 Å². The Morgan fingerprint density at radius 3 is 2.30 bits per heavy atom. The van der Waals surface area contributed by atoms with Gasteiger partial charge >= 0.3 is 0 Å². The zero-order valence-corrected chi connectivity index (χ0v) is 6.83. The van der Waals surface area contributed by atoms with Gasteiger partial charge in [0, 0.05) is 7.11 Å². The van der Waals surface area contributed by atoms with Crippen molar-refractivity contribution in [3.63, 3.8) is 0 Å². The van der Waals surface area contributed by atoms with Gasteiger partial charge in [-0.05, 0) is 13.8 Å².